The third kappa shape index (κ3) is 2.47. The fraction of sp³-hybridized carbons (Fsp3) is 0.0769. The lowest BCUT2D eigenvalue weighted by Gasteiger charge is -2.13. The molecule has 7 heteroatoms. The van der Waals surface area contributed by atoms with E-state index in [1.807, 2.05) is 0 Å². The molecule has 2 aromatic carbocycles. The summed E-state index contributed by atoms with van der Waals surface area (Å²) >= 11 is 0. The molecule has 0 spiro atoms. The zero-order chi connectivity index (χ0) is 14.9. The minimum absolute atomic E-state index is 0.0622. The van der Waals surface area contributed by atoms with Crippen molar-refractivity contribution in [3.8, 4) is 5.75 Å². The van der Waals surface area contributed by atoms with Crippen LogP contribution in [0.4, 0.5) is 34.6 Å². The van der Waals surface area contributed by atoms with Gasteiger partial charge in [-0.25, -0.2) is 17.6 Å². The summed E-state index contributed by atoms with van der Waals surface area (Å²) in [6, 6.07) is 4.42. The van der Waals surface area contributed by atoms with Gasteiger partial charge in [0.25, 0.3) is 0 Å². The highest BCUT2D eigenvalue weighted by molar-refractivity contribution is 5.74. The molecule has 3 N–H and O–H groups in total. The van der Waals surface area contributed by atoms with Crippen LogP contribution < -0.4 is 15.8 Å². The lowest BCUT2D eigenvalue weighted by Crippen LogP contribution is -2.04. The van der Waals surface area contributed by atoms with Crippen LogP contribution in [0.3, 0.4) is 0 Å². The van der Waals surface area contributed by atoms with E-state index >= 15 is 0 Å². The van der Waals surface area contributed by atoms with Gasteiger partial charge in [-0.15, -0.1) is 0 Å². The summed E-state index contributed by atoms with van der Waals surface area (Å²) in [5.41, 5.74) is 4.86. The Kier molecular flexibility index (Phi) is 3.69. The molecule has 0 heterocycles. The Morgan fingerprint density at radius 2 is 1.60 bits per heavy atom. The van der Waals surface area contributed by atoms with E-state index in [0.717, 1.165) is 0 Å². The van der Waals surface area contributed by atoms with Gasteiger partial charge in [-0.1, -0.05) is 0 Å². The van der Waals surface area contributed by atoms with Crippen molar-refractivity contribution in [3.05, 3.63) is 47.5 Å². The van der Waals surface area contributed by atoms with Crippen LogP contribution in [-0.4, -0.2) is 7.11 Å². The highest BCUT2D eigenvalue weighted by atomic mass is 19.2. The third-order valence-corrected chi connectivity index (χ3v) is 2.63. The standard InChI is InChI=1S/C13H10F4N2O/c1-20-6-2-3-9(18)10(4-6)19-13-11(16)7(14)5-8(15)12(13)17/h2-5,19H,18H2,1H3. The highest BCUT2D eigenvalue weighted by Crippen LogP contribution is 2.31. The molecule has 3 nitrogen and oxygen atoms in total. The minimum atomic E-state index is -1.54. The minimum Gasteiger partial charge on any atom is -0.497 e. The number of methoxy groups -OCH3 is 1. The number of halogens is 4. The fourth-order valence-electron chi connectivity index (χ4n) is 1.59. The number of benzene rings is 2. The topological polar surface area (TPSA) is 47.3 Å². The number of nitrogens with one attached hydrogen (secondary N) is 1. The van der Waals surface area contributed by atoms with Gasteiger partial charge < -0.3 is 15.8 Å². The molecule has 0 aliphatic rings. The Hall–Kier alpha value is -2.44. The van der Waals surface area contributed by atoms with Crippen molar-refractivity contribution in [1.29, 1.82) is 0 Å². The molecule has 0 aliphatic heterocycles. The van der Waals surface area contributed by atoms with Gasteiger partial charge in [-0.3, -0.25) is 0 Å². The monoisotopic (exact) mass is 286 g/mol. The largest absolute Gasteiger partial charge is 0.497 e. The van der Waals surface area contributed by atoms with Gasteiger partial charge in [0.15, 0.2) is 23.3 Å². The van der Waals surface area contributed by atoms with Crippen molar-refractivity contribution in [1.82, 2.24) is 0 Å². The maximum Gasteiger partial charge on any atom is 0.185 e. The normalized spacial score (nSPS) is 10.4. The third-order valence-electron chi connectivity index (χ3n) is 2.63. The van der Waals surface area contributed by atoms with Gasteiger partial charge in [0.2, 0.25) is 0 Å². The van der Waals surface area contributed by atoms with Crippen molar-refractivity contribution < 1.29 is 22.3 Å². The zero-order valence-electron chi connectivity index (χ0n) is 10.3. The van der Waals surface area contributed by atoms with E-state index in [2.05, 4.69) is 5.32 Å². The molecule has 106 valence electrons. The van der Waals surface area contributed by atoms with Crippen LogP contribution in [0.15, 0.2) is 24.3 Å². The summed E-state index contributed by atoms with van der Waals surface area (Å²) in [6.45, 7) is 0. The summed E-state index contributed by atoms with van der Waals surface area (Å²) in [4.78, 5) is 0. The predicted molar refractivity (Wildman–Crippen MR) is 67.0 cm³/mol. The van der Waals surface area contributed by atoms with Gasteiger partial charge in [0.05, 0.1) is 18.5 Å². The molecule has 2 aromatic rings. The van der Waals surface area contributed by atoms with E-state index in [1.165, 1.54) is 25.3 Å². The van der Waals surface area contributed by atoms with E-state index < -0.39 is 29.0 Å². The van der Waals surface area contributed by atoms with Crippen LogP contribution >= 0.6 is 0 Å². The molecule has 0 aromatic heterocycles. The number of hydrogen-bond donors (Lipinski definition) is 2. The maximum atomic E-state index is 13.5. The summed E-state index contributed by atoms with van der Waals surface area (Å²) in [5, 5.41) is 2.23. The second kappa shape index (κ2) is 5.28. The average molecular weight is 286 g/mol. The van der Waals surface area contributed by atoms with E-state index in [9.17, 15) is 17.6 Å². The van der Waals surface area contributed by atoms with E-state index in [4.69, 9.17) is 10.5 Å². The average Bonchev–Trinajstić information content (AvgIpc) is 2.43. The van der Waals surface area contributed by atoms with Gasteiger partial charge in [-0.2, -0.15) is 0 Å². The predicted octanol–water partition coefficient (Wildman–Crippen LogP) is 3.58. The molecule has 2 rings (SSSR count). The second-order valence-electron chi connectivity index (χ2n) is 3.92. The zero-order valence-corrected chi connectivity index (χ0v) is 10.3. The highest BCUT2D eigenvalue weighted by Gasteiger charge is 2.19. The lowest BCUT2D eigenvalue weighted by molar-refractivity contribution is 0.415. The number of rotatable bonds is 3. The molecule has 0 radical (unpaired) electrons. The summed E-state index contributed by atoms with van der Waals surface area (Å²) in [7, 11) is 1.39. The molecular weight excluding hydrogens is 276 g/mol. The number of anilines is 3. The number of nitrogen functional groups attached to an aromatic ring is 1. The molecule has 20 heavy (non-hydrogen) atoms. The molecule has 0 bridgehead atoms. The van der Waals surface area contributed by atoms with Crippen LogP contribution in [0.5, 0.6) is 5.75 Å². The summed E-state index contributed by atoms with van der Waals surface area (Å²) < 4.78 is 58.2. The van der Waals surface area contributed by atoms with Crippen LogP contribution in [0.1, 0.15) is 0 Å². The maximum absolute atomic E-state index is 13.5. The Balaban J connectivity index is 2.50. The van der Waals surface area contributed by atoms with Crippen LogP contribution in [-0.2, 0) is 0 Å². The van der Waals surface area contributed by atoms with Crippen molar-refractivity contribution in [2.45, 2.75) is 0 Å². The first-order chi connectivity index (χ1) is 9.43. The van der Waals surface area contributed by atoms with E-state index in [1.54, 1.807) is 0 Å². The quantitative estimate of drug-likeness (QED) is 0.515. The molecule has 0 fully saturated rings. The van der Waals surface area contributed by atoms with Gasteiger partial charge in [0.1, 0.15) is 11.4 Å². The van der Waals surface area contributed by atoms with Gasteiger partial charge in [-0.05, 0) is 12.1 Å². The molecular formula is C13H10F4N2O. The Morgan fingerprint density at radius 1 is 1.00 bits per heavy atom. The first kappa shape index (κ1) is 14.0. The molecule has 0 unspecified atom stereocenters. The molecule has 0 atom stereocenters. The first-order valence-corrected chi connectivity index (χ1v) is 5.47. The SMILES string of the molecule is COc1ccc(N)c(Nc2c(F)c(F)cc(F)c2F)c1. The van der Waals surface area contributed by atoms with Crippen molar-refractivity contribution >= 4 is 17.1 Å². The summed E-state index contributed by atoms with van der Waals surface area (Å²) in [6.07, 6.45) is 0. The second-order valence-corrected chi connectivity index (χ2v) is 3.92. The Labute approximate surface area is 112 Å². The van der Waals surface area contributed by atoms with Crippen LogP contribution in [0.2, 0.25) is 0 Å². The van der Waals surface area contributed by atoms with Crippen molar-refractivity contribution in [2.75, 3.05) is 18.2 Å². The molecule has 0 saturated heterocycles. The number of ether oxygens (including phenoxy) is 1. The van der Waals surface area contributed by atoms with E-state index in [-0.39, 0.29) is 17.4 Å². The summed E-state index contributed by atoms with van der Waals surface area (Å²) in [5.74, 6) is -5.72. The van der Waals surface area contributed by atoms with Crippen molar-refractivity contribution in [2.24, 2.45) is 0 Å². The van der Waals surface area contributed by atoms with Crippen molar-refractivity contribution in [3.63, 3.8) is 0 Å². The Morgan fingerprint density at radius 3 is 2.15 bits per heavy atom. The lowest BCUT2D eigenvalue weighted by atomic mass is 10.2. The molecule has 0 amide bonds. The Bertz CT molecular complexity index is 635. The van der Waals surface area contributed by atoms with Gasteiger partial charge >= 0.3 is 0 Å². The first-order valence-electron chi connectivity index (χ1n) is 5.47. The van der Waals surface area contributed by atoms with Crippen LogP contribution in [0.25, 0.3) is 0 Å². The smallest absolute Gasteiger partial charge is 0.185 e. The van der Waals surface area contributed by atoms with Gasteiger partial charge in [0, 0.05) is 12.1 Å². The van der Waals surface area contributed by atoms with E-state index in [0.29, 0.717) is 5.75 Å². The fourth-order valence-corrected chi connectivity index (χ4v) is 1.59. The number of hydrogen-bond acceptors (Lipinski definition) is 3. The molecule has 0 aliphatic carbocycles. The van der Waals surface area contributed by atoms with Crippen LogP contribution in [0, 0.1) is 23.3 Å². The number of nitrogens with two attached hydrogens (primary N) is 1. The molecule has 0 saturated carbocycles.